The van der Waals surface area contributed by atoms with Gasteiger partial charge in [0.05, 0.1) is 0 Å². The van der Waals surface area contributed by atoms with Gasteiger partial charge < -0.3 is 15.5 Å². The predicted octanol–water partition coefficient (Wildman–Crippen LogP) is 0.651. The zero-order valence-corrected chi connectivity index (χ0v) is 11.3. The first kappa shape index (κ1) is 13.9. The Balaban J connectivity index is 2.34. The summed E-state index contributed by atoms with van der Waals surface area (Å²) in [5, 5.41) is 14.4. The largest absolute Gasteiger partial charge is 0.363 e. The molecule has 1 aromatic rings. The van der Waals surface area contributed by atoms with Crippen molar-refractivity contribution in [2.24, 2.45) is 0 Å². The molecule has 7 heteroatoms. The van der Waals surface area contributed by atoms with E-state index in [0.29, 0.717) is 16.7 Å². The molecule has 1 heterocycles. The first-order valence-electron chi connectivity index (χ1n) is 5.73. The third-order valence-corrected chi connectivity index (χ3v) is 3.38. The third-order valence-electron chi connectivity index (χ3n) is 2.44. The fourth-order valence-corrected chi connectivity index (χ4v) is 1.97. The molecular weight excluding hydrogens is 238 g/mol. The first-order chi connectivity index (χ1) is 8.21. The molecule has 0 saturated carbocycles. The molecule has 6 nitrogen and oxygen atoms in total. The number of amides is 1. The van der Waals surface area contributed by atoms with Crippen LogP contribution in [0.5, 0.6) is 0 Å². The van der Waals surface area contributed by atoms with Crippen molar-refractivity contribution in [1.29, 1.82) is 0 Å². The SMILES string of the molecule is CCN(CC)CCNC(=O)c1nnc(NC)s1. The summed E-state index contributed by atoms with van der Waals surface area (Å²) < 4.78 is 0. The molecule has 0 unspecified atom stereocenters. The zero-order valence-electron chi connectivity index (χ0n) is 10.5. The van der Waals surface area contributed by atoms with Gasteiger partial charge in [0.1, 0.15) is 0 Å². The molecule has 0 aromatic carbocycles. The van der Waals surface area contributed by atoms with Crippen LogP contribution in [0.1, 0.15) is 23.6 Å². The molecule has 1 aromatic heterocycles. The molecule has 0 bridgehead atoms. The maximum absolute atomic E-state index is 11.7. The van der Waals surface area contributed by atoms with E-state index in [1.54, 1.807) is 7.05 Å². The van der Waals surface area contributed by atoms with Crippen LogP contribution < -0.4 is 10.6 Å². The number of carbonyl (C=O) groups is 1. The van der Waals surface area contributed by atoms with E-state index in [4.69, 9.17) is 0 Å². The van der Waals surface area contributed by atoms with Gasteiger partial charge in [0.25, 0.3) is 5.91 Å². The highest BCUT2D eigenvalue weighted by Gasteiger charge is 2.11. The highest BCUT2D eigenvalue weighted by molar-refractivity contribution is 7.17. The lowest BCUT2D eigenvalue weighted by Gasteiger charge is -2.17. The summed E-state index contributed by atoms with van der Waals surface area (Å²) >= 11 is 1.25. The number of aromatic nitrogens is 2. The van der Waals surface area contributed by atoms with Gasteiger partial charge in [-0.2, -0.15) is 0 Å². The summed E-state index contributed by atoms with van der Waals surface area (Å²) in [7, 11) is 1.75. The van der Waals surface area contributed by atoms with Crippen molar-refractivity contribution in [2.75, 3.05) is 38.5 Å². The fraction of sp³-hybridized carbons (Fsp3) is 0.700. The summed E-state index contributed by atoms with van der Waals surface area (Å²) in [6.45, 7) is 7.69. The quantitative estimate of drug-likeness (QED) is 0.750. The van der Waals surface area contributed by atoms with Crippen molar-refractivity contribution in [3.8, 4) is 0 Å². The highest BCUT2D eigenvalue weighted by Crippen LogP contribution is 2.13. The average Bonchev–Trinajstić information content (AvgIpc) is 2.83. The molecule has 0 aliphatic carbocycles. The third kappa shape index (κ3) is 4.27. The second-order valence-electron chi connectivity index (χ2n) is 3.45. The predicted molar refractivity (Wildman–Crippen MR) is 69.6 cm³/mol. The molecule has 2 N–H and O–H groups in total. The Hall–Kier alpha value is -1.21. The molecule has 0 saturated heterocycles. The lowest BCUT2D eigenvalue weighted by atomic mass is 10.4. The number of nitrogens with one attached hydrogen (secondary N) is 2. The molecule has 1 amide bonds. The Morgan fingerprint density at radius 3 is 2.59 bits per heavy atom. The zero-order chi connectivity index (χ0) is 12.7. The number of likely N-dealkylation sites (N-methyl/N-ethyl adjacent to an activating group) is 1. The van der Waals surface area contributed by atoms with Gasteiger partial charge in [0, 0.05) is 20.1 Å². The summed E-state index contributed by atoms with van der Waals surface area (Å²) in [4.78, 5) is 13.9. The Kier molecular flexibility index (Phi) is 5.85. The van der Waals surface area contributed by atoms with Crippen LogP contribution in [0.25, 0.3) is 0 Å². The number of rotatable bonds is 7. The van der Waals surface area contributed by atoms with Gasteiger partial charge in [-0.3, -0.25) is 4.79 Å². The van der Waals surface area contributed by atoms with Gasteiger partial charge in [0.2, 0.25) is 10.1 Å². The van der Waals surface area contributed by atoms with Gasteiger partial charge >= 0.3 is 0 Å². The second kappa shape index (κ2) is 7.18. The van der Waals surface area contributed by atoms with Crippen LogP contribution in [-0.4, -0.2) is 54.2 Å². The van der Waals surface area contributed by atoms with E-state index in [1.165, 1.54) is 11.3 Å². The van der Waals surface area contributed by atoms with Crippen LogP contribution in [-0.2, 0) is 0 Å². The number of nitrogens with zero attached hydrogens (tertiary/aromatic N) is 3. The highest BCUT2D eigenvalue weighted by atomic mass is 32.1. The molecule has 0 radical (unpaired) electrons. The molecule has 0 spiro atoms. The van der Waals surface area contributed by atoms with Gasteiger partial charge in [-0.1, -0.05) is 25.2 Å². The van der Waals surface area contributed by atoms with E-state index in [-0.39, 0.29) is 5.91 Å². The molecule has 0 aliphatic heterocycles. The molecule has 17 heavy (non-hydrogen) atoms. The van der Waals surface area contributed by atoms with E-state index in [2.05, 4.69) is 39.6 Å². The van der Waals surface area contributed by atoms with E-state index in [9.17, 15) is 4.79 Å². The van der Waals surface area contributed by atoms with Crippen LogP contribution in [0.2, 0.25) is 0 Å². The number of hydrogen-bond acceptors (Lipinski definition) is 6. The van der Waals surface area contributed by atoms with Crippen molar-refractivity contribution in [1.82, 2.24) is 20.4 Å². The van der Waals surface area contributed by atoms with Gasteiger partial charge in [-0.15, -0.1) is 10.2 Å². The van der Waals surface area contributed by atoms with Crippen LogP contribution in [0.4, 0.5) is 5.13 Å². The summed E-state index contributed by atoms with van der Waals surface area (Å²) in [6, 6.07) is 0. The van der Waals surface area contributed by atoms with Crippen LogP contribution >= 0.6 is 11.3 Å². The Morgan fingerprint density at radius 1 is 1.35 bits per heavy atom. The molecule has 0 atom stereocenters. The van der Waals surface area contributed by atoms with E-state index in [0.717, 1.165) is 19.6 Å². The van der Waals surface area contributed by atoms with Gasteiger partial charge in [-0.05, 0) is 13.1 Å². The first-order valence-corrected chi connectivity index (χ1v) is 6.54. The maximum atomic E-state index is 11.7. The van der Waals surface area contributed by atoms with Crippen LogP contribution in [0.15, 0.2) is 0 Å². The fourth-order valence-electron chi connectivity index (χ4n) is 1.36. The monoisotopic (exact) mass is 257 g/mol. The minimum absolute atomic E-state index is 0.156. The number of hydrogen-bond donors (Lipinski definition) is 2. The van der Waals surface area contributed by atoms with Gasteiger partial charge in [-0.25, -0.2) is 0 Å². The second-order valence-corrected chi connectivity index (χ2v) is 4.42. The molecule has 96 valence electrons. The van der Waals surface area contributed by atoms with Crippen molar-refractivity contribution in [3.63, 3.8) is 0 Å². The van der Waals surface area contributed by atoms with E-state index >= 15 is 0 Å². The normalized spacial score (nSPS) is 10.6. The molecule has 1 rings (SSSR count). The topological polar surface area (TPSA) is 70.2 Å². The molecular formula is C10H19N5OS. The van der Waals surface area contributed by atoms with Gasteiger partial charge in [0.15, 0.2) is 0 Å². The number of carbonyl (C=O) groups excluding carboxylic acids is 1. The lowest BCUT2D eigenvalue weighted by Crippen LogP contribution is -2.34. The average molecular weight is 257 g/mol. The standard InChI is InChI=1S/C10H19N5OS/c1-4-15(5-2)7-6-12-8(16)9-13-14-10(11-3)17-9/h4-7H2,1-3H3,(H,11,14)(H,12,16). The van der Waals surface area contributed by atoms with Crippen molar-refractivity contribution >= 4 is 22.4 Å². The maximum Gasteiger partial charge on any atom is 0.282 e. The van der Waals surface area contributed by atoms with Crippen LogP contribution in [0.3, 0.4) is 0 Å². The summed E-state index contributed by atoms with van der Waals surface area (Å²) in [5.41, 5.74) is 0. The lowest BCUT2D eigenvalue weighted by molar-refractivity contribution is 0.0948. The summed E-state index contributed by atoms with van der Waals surface area (Å²) in [6.07, 6.45) is 0. The van der Waals surface area contributed by atoms with E-state index < -0.39 is 0 Å². The minimum atomic E-state index is -0.156. The van der Waals surface area contributed by atoms with Crippen molar-refractivity contribution in [2.45, 2.75) is 13.8 Å². The Morgan fingerprint density at radius 2 is 2.06 bits per heavy atom. The molecule has 0 fully saturated rings. The summed E-state index contributed by atoms with van der Waals surface area (Å²) in [5.74, 6) is -0.156. The minimum Gasteiger partial charge on any atom is -0.363 e. The Labute approximate surface area is 105 Å². The van der Waals surface area contributed by atoms with Crippen molar-refractivity contribution in [3.05, 3.63) is 5.01 Å². The van der Waals surface area contributed by atoms with Crippen LogP contribution in [0, 0.1) is 0 Å². The smallest absolute Gasteiger partial charge is 0.282 e. The number of anilines is 1. The molecule has 0 aliphatic rings. The van der Waals surface area contributed by atoms with Crippen molar-refractivity contribution < 1.29 is 4.79 Å². The Bertz CT molecular complexity index is 350. The van der Waals surface area contributed by atoms with E-state index in [1.807, 2.05) is 0 Å².